The molecule has 2 atom stereocenters. The molecule has 202 valence electrons. The second-order valence-electron chi connectivity index (χ2n) is 9.23. The van der Waals surface area contributed by atoms with Crippen LogP contribution in [-0.2, 0) is 20.7 Å². The number of hydrogen-bond acceptors (Lipinski definition) is 6. The minimum Gasteiger partial charge on any atom is -0.466 e. The molecule has 2 aliphatic rings. The minimum absolute atomic E-state index is 0.00115. The molecule has 2 heterocycles. The van der Waals surface area contributed by atoms with Gasteiger partial charge in [0.1, 0.15) is 0 Å². The van der Waals surface area contributed by atoms with Crippen LogP contribution in [-0.4, -0.2) is 54.6 Å². The van der Waals surface area contributed by atoms with Gasteiger partial charge in [-0.2, -0.15) is 0 Å². The molecule has 0 radical (unpaired) electrons. The Bertz CT molecular complexity index is 1310. The second kappa shape index (κ2) is 11.0. The predicted molar refractivity (Wildman–Crippen MR) is 126 cm³/mol. The largest absolute Gasteiger partial charge is 0.466 e. The van der Waals surface area contributed by atoms with E-state index in [4.69, 9.17) is 4.74 Å². The van der Waals surface area contributed by atoms with Gasteiger partial charge in [-0.1, -0.05) is 30.3 Å². The summed E-state index contributed by atoms with van der Waals surface area (Å²) in [6, 6.07) is 9.49. The first kappa shape index (κ1) is 27.5. The summed E-state index contributed by atoms with van der Waals surface area (Å²) in [5.41, 5.74) is -0.852. The summed E-state index contributed by atoms with van der Waals surface area (Å²) in [5, 5.41) is 13.4. The van der Waals surface area contributed by atoms with Gasteiger partial charge in [0.25, 0.3) is 0 Å². The summed E-state index contributed by atoms with van der Waals surface area (Å²) in [5.74, 6) is -14.7. The normalized spacial score (nSPS) is 18.8. The molecule has 2 aromatic rings. The molecule has 0 fully saturated rings. The second-order valence-corrected chi connectivity index (χ2v) is 9.23. The molecule has 11 heteroatoms. The highest BCUT2D eigenvalue weighted by molar-refractivity contribution is 6.04. The third-order valence-corrected chi connectivity index (χ3v) is 6.71. The number of ether oxygens (including phenoxy) is 1. The Hall–Kier alpha value is -3.57. The van der Waals surface area contributed by atoms with Crippen molar-refractivity contribution in [2.75, 3.05) is 26.7 Å². The first-order valence-electron chi connectivity index (χ1n) is 11.8. The van der Waals surface area contributed by atoms with Crippen LogP contribution in [0.3, 0.4) is 0 Å². The molecule has 0 spiro atoms. The number of β-amino-alcohol motifs (C(OH)–C–C–N with tert-alkyl or cyclic N) is 1. The maximum absolute atomic E-state index is 14.9. The average Bonchev–Trinajstić information content (AvgIpc) is 2.89. The Morgan fingerprint density at radius 1 is 1.05 bits per heavy atom. The molecule has 0 aromatic heterocycles. The van der Waals surface area contributed by atoms with Gasteiger partial charge < -0.3 is 15.2 Å². The third kappa shape index (κ3) is 5.08. The third-order valence-electron chi connectivity index (χ3n) is 6.71. The SMILES string of the molecule is COC(=O)C1=C(C)NC2=C(C(=O)CN(CC(O)CCc3ccccc3)C2)C1c1c(F)c(F)c(F)c(F)c1F. The van der Waals surface area contributed by atoms with E-state index in [0.717, 1.165) is 12.7 Å². The van der Waals surface area contributed by atoms with Crippen LogP contribution < -0.4 is 5.32 Å². The zero-order valence-corrected chi connectivity index (χ0v) is 20.6. The van der Waals surface area contributed by atoms with Gasteiger partial charge >= 0.3 is 5.97 Å². The molecule has 4 rings (SSSR count). The van der Waals surface area contributed by atoms with Crippen LogP contribution >= 0.6 is 0 Å². The van der Waals surface area contributed by atoms with Crippen molar-refractivity contribution >= 4 is 11.8 Å². The number of methoxy groups -OCH3 is 1. The lowest BCUT2D eigenvalue weighted by Gasteiger charge is -2.38. The molecule has 0 bridgehead atoms. The lowest BCUT2D eigenvalue weighted by Crippen LogP contribution is -2.47. The number of hydrogen-bond donors (Lipinski definition) is 2. The van der Waals surface area contributed by atoms with Crippen molar-refractivity contribution in [1.82, 2.24) is 10.2 Å². The topological polar surface area (TPSA) is 78.9 Å². The van der Waals surface area contributed by atoms with Crippen molar-refractivity contribution in [3.8, 4) is 0 Å². The molecule has 0 aliphatic carbocycles. The van der Waals surface area contributed by atoms with Crippen molar-refractivity contribution in [1.29, 1.82) is 0 Å². The van der Waals surface area contributed by atoms with Crippen molar-refractivity contribution in [2.45, 2.75) is 31.8 Å². The van der Waals surface area contributed by atoms with Gasteiger partial charge in [-0.05, 0) is 25.3 Å². The van der Waals surface area contributed by atoms with Gasteiger partial charge in [-0.3, -0.25) is 9.69 Å². The number of nitrogens with one attached hydrogen (secondary N) is 1. The summed E-state index contributed by atoms with van der Waals surface area (Å²) in [6.45, 7) is 1.16. The number of esters is 1. The van der Waals surface area contributed by atoms with E-state index in [-0.39, 0.29) is 36.6 Å². The Morgan fingerprint density at radius 2 is 1.66 bits per heavy atom. The van der Waals surface area contributed by atoms with Gasteiger partial charge in [0, 0.05) is 35.6 Å². The average molecular weight is 536 g/mol. The fraction of sp³-hybridized carbons (Fsp3) is 0.333. The number of rotatable bonds is 7. The number of dihydropyridines is 1. The van der Waals surface area contributed by atoms with E-state index in [9.17, 15) is 36.6 Å². The molecule has 2 unspecified atom stereocenters. The van der Waals surface area contributed by atoms with E-state index in [2.05, 4.69) is 5.32 Å². The van der Waals surface area contributed by atoms with Crippen LogP contribution in [0.25, 0.3) is 0 Å². The maximum Gasteiger partial charge on any atom is 0.336 e. The Morgan fingerprint density at radius 3 is 2.26 bits per heavy atom. The van der Waals surface area contributed by atoms with Crippen LogP contribution in [0.15, 0.2) is 52.9 Å². The van der Waals surface area contributed by atoms with Crippen molar-refractivity contribution < 1.29 is 41.4 Å². The van der Waals surface area contributed by atoms with Gasteiger partial charge in [0.15, 0.2) is 29.1 Å². The van der Waals surface area contributed by atoms with Crippen molar-refractivity contribution in [3.63, 3.8) is 0 Å². The van der Waals surface area contributed by atoms with E-state index in [1.807, 2.05) is 30.3 Å². The fourth-order valence-corrected chi connectivity index (χ4v) is 4.96. The summed E-state index contributed by atoms with van der Waals surface area (Å²) in [6.07, 6.45) is 0.205. The number of ketones is 1. The van der Waals surface area contributed by atoms with Gasteiger partial charge in [0.05, 0.1) is 31.2 Å². The standard InChI is InChI=1S/C27H25F5N2O4/c1-13-18(27(37)38-2)20(21-22(28)24(30)26(32)25(31)23(21)29)19-16(33-13)11-34(12-17(19)36)10-15(35)9-8-14-6-4-3-5-7-14/h3-7,15,20,33,35H,8-12H2,1-2H3. The molecule has 38 heavy (non-hydrogen) atoms. The summed E-state index contributed by atoms with van der Waals surface area (Å²) < 4.78 is 76.6. The maximum atomic E-state index is 14.9. The molecule has 6 nitrogen and oxygen atoms in total. The summed E-state index contributed by atoms with van der Waals surface area (Å²) >= 11 is 0. The number of allylic oxidation sites excluding steroid dienone is 1. The quantitative estimate of drug-likeness (QED) is 0.244. The van der Waals surface area contributed by atoms with Crippen LogP contribution in [0.2, 0.25) is 0 Å². The molecule has 2 aromatic carbocycles. The number of Topliss-reactive ketones (excluding diaryl/α,β-unsaturated/α-hetero) is 1. The number of nitrogens with zero attached hydrogens (tertiary/aromatic N) is 1. The lowest BCUT2D eigenvalue weighted by molar-refractivity contribution is -0.136. The van der Waals surface area contributed by atoms with Gasteiger partial charge in [-0.25, -0.2) is 26.7 Å². The number of aliphatic hydroxyl groups is 1. The highest BCUT2D eigenvalue weighted by Gasteiger charge is 2.44. The van der Waals surface area contributed by atoms with Gasteiger partial charge in [0.2, 0.25) is 5.82 Å². The number of carbonyl (C=O) groups is 2. The van der Waals surface area contributed by atoms with Crippen LogP contribution in [0.1, 0.15) is 30.4 Å². The van der Waals surface area contributed by atoms with Crippen molar-refractivity contribution in [2.24, 2.45) is 0 Å². The Kier molecular flexibility index (Phi) is 7.98. The molecular formula is C27H25F5N2O4. The van der Waals surface area contributed by atoms with Crippen molar-refractivity contribution in [3.05, 3.63) is 93.1 Å². The molecule has 0 amide bonds. The zero-order valence-electron chi connectivity index (χ0n) is 20.6. The number of carbonyl (C=O) groups excluding carboxylic acids is 2. The first-order chi connectivity index (χ1) is 18.0. The first-order valence-corrected chi connectivity index (χ1v) is 11.8. The number of benzene rings is 2. The molecular weight excluding hydrogens is 511 g/mol. The monoisotopic (exact) mass is 536 g/mol. The van der Waals surface area contributed by atoms with Crippen LogP contribution in [0.5, 0.6) is 0 Å². The van der Waals surface area contributed by atoms with E-state index < -0.39 is 64.0 Å². The zero-order chi connectivity index (χ0) is 27.7. The minimum atomic E-state index is -2.35. The van der Waals surface area contributed by atoms with E-state index >= 15 is 0 Å². The van der Waals surface area contributed by atoms with E-state index in [1.165, 1.54) is 6.92 Å². The summed E-state index contributed by atoms with van der Waals surface area (Å²) in [7, 11) is 0.989. The molecule has 0 saturated heterocycles. The van der Waals surface area contributed by atoms with Crippen LogP contribution in [0.4, 0.5) is 22.0 Å². The lowest BCUT2D eigenvalue weighted by atomic mass is 9.76. The van der Waals surface area contributed by atoms with E-state index in [1.54, 1.807) is 4.90 Å². The predicted octanol–water partition coefficient (Wildman–Crippen LogP) is 3.65. The summed E-state index contributed by atoms with van der Waals surface area (Å²) in [4.78, 5) is 27.5. The molecule has 2 N–H and O–H groups in total. The van der Waals surface area contributed by atoms with E-state index in [0.29, 0.717) is 12.8 Å². The van der Waals surface area contributed by atoms with Gasteiger partial charge in [-0.15, -0.1) is 0 Å². The molecule has 2 aliphatic heterocycles. The Labute approximate surface area is 215 Å². The molecule has 0 saturated carbocycles. The smallest absolute Gasteiger partial charge is 0.336 e. The van der Waals surface area contributed by atoms with Crippen LogP contribution in [0, 0.1) is 29.1 Å². The fourth-order valence-electron chi connectivity index (χ4n) is 4.96. The number of aryl methyl sites for hydroxylation is 1. The highest BCUT2D eigenvalue weighted by Crippen LogP contribution is 2.43. The highest BCUT2D eigenvalue weighted by atomic mass is 19.2. The number of halogens is 5. The number of aliphatic hydroxyl groups excluding tert-OH is 1. The Balaban J connectivity index is 1.68.